The summed E-state index contributed by atoms with van der Waals surface area (Å²) in [5, 5.41) is 0.646. The van der Waals surface area contributed by atoms with E-state index >= 15 is 0 Å². The highest BCUT2D eigenvalue weighted by Gasteiger charge is 2.35. The van der Waals surface area contributed by atoms with E-state index in [1.807, 2.05) is 25.1 Å². The van der Waals surface area contributed by atoms with Crippen LogP contribution in [0.4, 0.5) is 0 Å². The molecule has 0 amide bonds. The summed E-state index contributed by atoms with van der Waals surface area (Å²) >= 11 is 14.5. The van der Waals surface area contributed by atoms with Gasteiger partial charge in [-0.15, -0.1) is 0 Å². The van der Waals surface area contributed by atoms with Gasteiger partial charge in [-0.3, -0.25) is 9.36 Å². The molecule has 0 saturated heterocycles. The van der Waals surface area contributed by atoms with Gasteiger partial charge in [-0.25, -0.2) is 9.79 Å². The van der Waals surface area contributed by atoms with Gasteiger partial charge < -0.3 is 23.7 Å². The highest BCUT2D eigenvalue weighted by molar-refractivity contribution is 9.10. The Hall–Kier alpha value is -3.58. The first kappa shape index (κ1) is 34.7. The molecule has 1 aromatic heterocycles. The number of fused-ring (bicyclic) bond motifs is 1. The number of benzene rings is 3. The maximum Gasteiger partial charge on any atom is 0.338 e. The lowest BCUT2D eigenvalue weighted by Gasteiger charge is -2.26. The first-order chi connectivity index (χ1) is 22.6. The van der Waals surface area contributed by atoms with Gasteiger partial charge in [0.1, 0.15) is 6.61 Å². The minimum Gasteiger partial charge on any atom is -0.493 e. The zero-order chi connectivity index (χ0) is 33.8. The normalized spacial score (nSPS) is 14.4. The highest BCUT2D eigenvalue weighted by atomic mass is 79.9. The van der Waals surface area contributed by atoms with Crippen molar-refractivity contribution in [2.45, 2.75) is 33.4 Å². The molecule has 0 saturated carbocycles. The van der Waals surface area contributed by atoms with Crippen LogP contribution in [0.5, 0.6) is 23.0 Å². The number of allylic oxidation sites excluding steroid dienone is 1. The Kier molecular flexibility index (Phi) is 11.2. The van der Waals surface area contributed by atoms with E-state index < -0.39 is 12.0 Å². The van der Waals surface area contributed by atoms with Crippen molar-refractivity contribution in [3.63, 3.8) is 0 Å². The number of rotatable bonds is 11. The number of methoxy groups -OCH3 is 2. The molecular weight excluding hydrogens is 776 g/mol. The molecule has 4 aromatic rings. The molecule has 13 heteroatoms. The third-order valence-corrected chi connectivity index (χ3v) is 9.75. The van der Waals surface area contributed by atoms with E-state index in [1.165, 1.54) is 23.0 Å². The van der Waals surface area contributed by atoms with E-state index in [1.54, 1.807) is 57.4 Å². The average molecular weight is 807 g/mol. The maximum atomic E-state index is 14.2. The number of nitrogens with zero attached hydrogens (tertiary/aromatic N) is 2. The fraction of sp³-hybridized carbons (Fsp3) is 0.265. The lowest BCUT2D eigenvalue weighted by atomic mass is 9.95. The summed E-state index contributed by atoms with van der Waals surface area (Å²) in [5.74, 6) is 1.42. The largest absolute Gasteiger partial charge is 0.493 e. The summed E-state index contributed by atoms with van der Waals surface area (Å²) in [4.78, 5) is 32.7. The van der Waals surface area contributed by atoms with Gasteiger partial charge >= 0.3 is 5.97 Å². The number of halogens is 3. The minimum atomic E-state index is -0.851. The molecule has 1 atom stereocenters. The van der Waals surface area contributed by atoms with E-state index in [0.717, 1.165) is 5.56 Å². The van der Waals surface area contributed by atoms with Gasteiger partial charge in [-0.05, 0) is 95.9 Å². The SMILES string of the molecule is CCOC(=O)C1=C(C)N=c2s/c(=C/c3cc(Br)c(OCc4ccc(Cl)cc4)c(OC)c3)c(=O)n2[C@H]1c1cc(OC)c(OCC)cc1Br. The molecule has 246 valence electrons. The van der Waals surface area contributed by atoms with E-state index in [2.05, 4.69) is 36.9 Å². The number of hydrogen-bond donors (Lipinski definition) is 0. The average Bonchev–Trinajstić information content (AvgIpc) is 3.34. The number of ether oxygens (including phenoxy) is 5. The molecule has 3 aromatic carbocycles. The van der Waals surface area contributed by atoms with Gasteiger partial charge in [0.2, 0.25) is 0 Å². The van der Waals surface area contributed by atoms with E-state index in [-0.39, 0.29) is 17.7 Å². The van der Waals surface area contributed by atoms with Crippen LogP contribution in [-0.2, 0) is 16.1 Å². The van der Waals surface area contributed by atoms with Gasteiger partial charge in [-0.1, -0.05) is 51.0 Å². The Morgan fingerprint density at radius 3 is 2.36 bits per heavy atom. The lowest BCUT2D eigenvalue weighted by Crippen LogP contribution is -2.40. The van der Waals surface area contributed by atoms with Crippen LogP contribution >= 0.6 is 54.8 Å². The molecule has 0 radical (unpaired) electrons. The van der Waals surface area contributed by atoms with Gasteiger partial charge in [0, 0.05) is 9.50 Å². The zero-order valence-corrected chi connectivity index (χ0v) is 30.9. The zero-order valence-electron chi connectivity index (χ0n) is 26.2. The van der Waals surface area contributed by atoms with Crippen molar-refractivity contribution in [2.24, 2.45) is 4.99 Å². The molecule has 0 fully saturated rings. The Labute approximate surface area is 297 Å². The molecule has 1 aliphatic heterocycles. The number of carbonyl (C=O) groups is 1. The van der Waals surface area contributed by atoms with Gasteiger partial charge in [0.15, 0.2) is 27.8 Å². The highest BCUT2D eigenvalue weighted by Crippen LogP contribution is 2.41. The first-order valence-electron chi connectivity index (χ1n) is 14.5. The van der Waals surface area contributed by atoms with Gasteiger partial charge in [0.25, 0.3) is 5.56 Å². The van der Waals surface area contributed by atoms with Crippen LogP contribution in [-0.4, -0.2) is 38.0 Å². The fourth-order valence-electron chi connectivity index (χ4n) is 5.12. The van der Waals surface area contributed by atoms with E-state index in [4.69, 9.17) is 35.3 Å². The van der Waals surface area contributed by atoms with Crippen LogP contribution in [0.2, 0.25) is 5.02 Å². The minimum absolute atomic E-state index is 0.163. The van der Waals surface area contributed by atoms with Crippen LogP contribution in [0.1, 0.15) is 43.5 Å². The predicted molar refractivity (Wildman–Crippen MR) is 189 cm³/mol. The monoisotopic (exact) mass is 804 g/mol. The van der Waals surface area contributed by atoms with Gasteiger partial charge in [0.05, 0.1) is 53.8 Å². The van der Waals surface area contributed by atoms with Gasteiger partial charge in [-0.2, -0.15) is 0 Å². The van der Waals surface area contributed by atoms with Crippen molar-refractivity contribution in [1.82, 2.24) is 4.57 Å². The number of thiazole rings is 1. The molecule has 0 aliphatic carbocycles. The van der Waals surface area contributed by atoms with E-state index in [9.17, 15) is 9.59 Å². The van der Waals surface area contributed by atoms with Crippen LogP contribution in [0.3, 0.4) is 0 Å². The molecular formula is C34H31Br2ClN2O7S. The van der Waals surface area contributed by atoms with Crippen LogP contribution in [0, 0.1) is 0 Å². The second-order valence-electron chi connectivity index (χ2n) is 10.2. The Morgan fingerprint density at radius 2 is 1.70 bits per heavy atom. The second kappa shape index (κ2) is 15.1. The summed E-state index contributed by atoms with van der Waals surface area (Å²) in [6, 6.07) is 13.7. The summed E-state index contributed by atoms with van der Waals surface area (Å²) in [6.07, 6.45) is 1.76. The third kappa shape index (κ3) is 7.30. The lowest BCUT2D eigenvalue weighted by molar-refractivity contribution is -0.139. The third-order valence-electron chi connectivity index (χ3n) is 7.24. The van der Waals surface area contributed by atoms with Crippen LogP contribution in [0.15, 0.2) is 78.5 Å². The number of hydrogen-bond acceptors (Lipinski definition) is 9. The van der Waals surface area contributed by atoms with Crippen molar-refractivity contribution in [3.05, 3.63) is 110 Å². The quantitative estimate of drug-likeness (QED) is 0.151. The van der Waals surface area contributed by atoms with Crippen molar-refractivity contribution in [2.75, 3.05) is 27.4 Å². The maximum absolute atomic E-state index is 14.2. The van der Waals surface area contributed by atoms with Crippen molar-refractivity contribution in [1.29, 1.82) is 0 Å². The van der Waals surface area contributed by atoms with Crippen LogP contribution < -0.4 is 33.8 Å². The smallest absolute Gasteiger partial charge is 0.338 e. The molecule has 0 unspecified atom stereocenters. The number of aromatic nitrogens is 1. The summed E-state index contributed by atoms with van der Waals surface area (Å²) in [5.41, 5.74) is 2.63. The Morgan fingerprint density at radius 1 is 0.979 bits per heavy atom. The standard InChI is InChI=1S/C34H31Br2ClN2O7S/c1-6-44-26-16-23(35)22(15-25(26)42-4)30-29(33(41)45-7-2)18(3)38-34-39(30)32(40)28(47-34)14-20-12-24(36)31(27(13-20)43-5)46-17-19-8-10-21(37)11-9-19/h8-16,30H,6-7,17H2,1-5H3/b28-14+/t30-/m0/s1. The second-order valence-corrected chi connectivity index (χ2v) is 13.4. The molecule has 2 heterocycles. The molecule has 47 heavy (non-hydrogen) atoms. The van der Waals surface area contributed by atoms with E-state index in [0.29, 0.717) is 76.3 Å². The number of carbonyl (C=O) groups excluding carboxylic acids is 1. The molecule has 5 rings (SSSR count). The van der Waals surface area contributed by atoms with Crippen molar-refractivity contribution < 1.29 is 28.5 Å². The Bertz CT molecular complexity index is 2040. The molecule has 1 aliphatic rings. The topological polar surface area (TPSA) is 97.6 Å². The summed E-state index contributed by atoms with van der Waals surface area (Å²) in [6.45, 7) is 6.24. The first-order valence-corrected chi connectivity index (χ1v) is 17.3. The van der Waals surface area contributed by atoms with Crippen molar-refractivity contribution >= 4 is 66.8 Å². The number of esters is 1. The molecule has 9 nitrogen and oxygen atoms in total. The Balaban J connectivity index is 1.62. The molecule has 0 spiro atoms. The molecule has 0 N–H and O–H groups in total. The van der Waals surface area contributed by atoms with Crippen LogP contribution in [0.25, 0.3) is 6.08 Å². The van der Waals surface area contributed by atoms with Crippen molar-refractivity contribution in [3.8, 4) is 23.0 Å². The summed E-state index contributed by atoms with van der Waals surface area (Å²) < 4.78 is 31.8. The molecule has 0 bridgehead atoms. The predicted octanol–water partition coefficient (Wildman–Crippen LogP) is 6.97. The fourth-order valence-corrected chi connectivity index (χ4v) is 7.41. The summed E-state index contributed by atoms with van der Waals surface area (Å²) in [7, 11) is 3.09.